The molecular weight excluding hydrogens is 264 g/mol. The highest BCUT2D eigenvalue weighted by molar-refractivity contribution is 7.80. The molecule has 0 bridgehead atoms. The lowest BCUT2D eigenvalue weighted by Crippen LogP contribution is -2.27. The Morgan fingerprint density at radius 2 is 1.89 bits per heavy atom. The minimum atomic E-state index is -1.17. The van der Waals surface area contributed by atoms with E-state index < -0.39 is 23.8 Å². The van der Waals surface area contributed by atoms with Crippen molar-refractivity contribution >= 4 is 18.6 Å². The lowest BCUT2D eigenvalue weighted by Gasteiger charge is -2.22. The summed E-state index contributed by atoms with van der Waals surface area (Å²) in [6, 6.07) is 6.54. The molecule has 1 aromatic rings. The maximum atomic E-state index is 12.1. The van der Waals surface area contributed by atoms with Crippen LogP contribution in [0.2, 0.25) is 0 Å². The number of hydrogen-bond donors (Lipinski definition) is 3. The van der Waals surface area contributed by atoms with Crippen molar-refractivity contribution in [1.29, 1.82) is 0 Å². The molecule has 0 aliphatic carbocycles. The molecule has 0 aliphatic heterocycles. The largest absolute Gasteiger partial charge is 0.456 e. The van der Waals surface area contributed by atoms with Gasteiger partial charge in [-0.2, -0.15) is 12.6 Å². The van der Waals surface area contributed by atoms with Crippen LogP contribution in [-0.4, -0.2) is 33.6 Å². The number of carbonyl (C=O) groups excluding carboxylic acids is 1. The summed E-state index contributed by atoms with van der Waals surface area (Å²) in [7, 11) is 0. The topological polar surface area (TPSA) is 66.8 Å². The van der Waals surface area contributed by atoms with Gasteiger partial charge in [-0.25, -0.2) is 4.79 Å². The molecule has 0 radical (unpaired) electrons. The van der Waals surface area contributed by atoms with Gasteiger partial charge in [-0.15, -0.1) is 0 Å². The zero-order chi connectivity index (χ0) is 14.6. The highest BCUT2D eigenvalue weighted by Crippen LogP contribution is 2.24. The van der Waals surface area contributed by atoms with Gasteiger partial charge in [0.25, 0.3) is 0 Å². The molecule has 0 heterocycles. The molecular formula is C14H20O4S. The van der Waals surface area contributed by atoms with E-state index in [9.17, 15) is 15.0 Å². The van der Waals surface area contributed by atoms with E-state index in [1.807, 2.05) is 0 Å². The number of rotatable bonds is 4. The molecule has 4 nitrogen and oxygen atoms in total. The van der Waals surface area contributed by atoms with Crippen LogP contribution in [-0.2, 0) is 4.74 Å². The first kappa shape index (κ1) is 16.0. The summed E-state index contributed by atoms with van der Waals surface area (Å²) in [5, 5.41) is 19.7. The minimum Gasteiger partial charge on any atom is -0.456 e. The van der Waals surface area contributed by atoms with Crippen molar-refractivity contribution in [2.24, 2.45) is 0 Å². The molecule has 106 valence electrons. The van der Waals surface area contributed by atoms with Crippen molar-refractivity contribution in [2.45, 2.75) is 38.6 Å². The summed E-state index contributed by atoms with van der Waals surface area (Å²) in [4.78, 5) is 12.1. The summed E-state index contributed by atoms with van der Waals surface area (Å²) in [6.07, 6.45) is -2.20. The second-order valence-electron chi connectivity index (χ2n) is 5.28. The molecule has 1 aromatic carbocycles. The van der Waals surface area contributed by atoms with E-state index in [-0.39, 0.29) is 11.3 Å². The number of aliphatic hydroxyl groups is 2. The van der Waals surface area contributed by atoms with Crippen molar-refractivity contribution in [1.82, 2.24) is 0 Å². The molecule has 5 heteroatoms. The summed E-state index contributed by atoms with van der Waals surface area (Å²) >= 11 is 3.93. The molecule has 0 amide bonds. The monoisotopic (exact) mass is 284 g/mol. The number of hydrogen-bond acceptors (Lipinski definition) is 5. The molecule has 0 saturated heterocycles. The van der Waals surface area contributed by atoms with Crippen LogP contribution in [0.15, 0.2) is 24.3 Å². The first-order valence-electron chi connectivity index (χ1n) is 6.05. The lowest BCUT2D eigenvalue weighted by atomic mass is 9.99. The Morgan fingerprint density at radius 1 is 1.32 bits per heavy atom. The summed E-state index contributed by atoms with van der Waals surface area (Å²) in [5.41, 5.74) is -0.0128. The van der Waals surface area contributed by atoms with Gasteiger partial charge in [0.1, 0.15) is 11.7 Å². The Labute approximate surface area is 118 Å². The second kappa shape index (κ2) is 6.41. The van der Waals surface area contributed by atoms with Crippen LogP contribution in [0.4, 0.5) is 0 Å². The molecule has 2 N–H and O–H groups in total. The SMILES string of the molecule is CC(C)(C)OC(=O)c1ccccc1C(O)C(O)CS. The fourth-order valence-electron chi connectivity index (χ4n) is 1.58. The van der Waals surface area contributed by atoms with Crippen molar-refractivity contribution in [3.05, 3.63) is 35.4 Å². The van der Waals surface area contributed by atoms with Crippen molar-refractivity contribution in [2.75, 3.05) is 5.75 Å². The van der Waals surface area contributed by atoms with Gasteiger partial charge in [-0.05, 0) is 32.4 Å². The van der Waals surface area contributed by atoms with Gasteiger partial charge in [0.05, 0.1) is 11.7 Å². The standard InChI is InChI=1S/C14H20O4S/c1-14(2,3)18-13(17)10-7-5-4-6-9(10)12(16)11(15)8-19/h4-7,11-12,15-16,19H,8H2,1-3H3. The van der Waals surface area contributed by atoms with Gasteiger partial charge in [0, 0.05) is 5.75 Å². The first-order chi connectivity index (χ1) is 8.76. The minimum absolute atomic E-state index is 0.101. The second-order valence-corrected chi connectivity index (χ2v) is 5.65. The third kappa shape index (κ3) is 4.53. The Kier molecular flexibility index (Phi) is 5.40. The number of thiol groups is 1. The maximum absolute atomic E-state index is 12.1. The van der Waals surface area contributed by atoms with Gasteiger partial charge in [-0.3, -0.25) is 0 Å². The van der Waals surface area contributed by atoms with Crippen molar-refractivity contribution in [3.63, 3.8) is 0 Å². The lowest BCUT2D eigenvalue weighted by molar-refractivity contribution is 0.00487. The number of carbonyl (C=O) groups is 1. The molecule has 0 aromatic heterocycles. The number of esters is 1. The smallest absolute Gasteiger partial charge is 0.339 e. The summed E-state index contributed by atoms with van der Waals surface area (Å²) in [6.45, 7) is 5.31. The summed E-state index contributed by atoms with van der Waals surface area (Å²) in [5.74, 6) is -0.419. The number of aliphatic hydroxyl groups excluding tert-OH is 2. The molecule has 2 atom stereocenters. The van der Waals surface area contributed by atoms with E-state index in [1.165, 1.54) is 0 Å². The molecule has 1 rings (SSSR count). The summed E-state index contributed by atoms with van der Waals surface area (Å²) < 4.78 is 5.28. The van der Waals surface area contributed by atoms with Gasteiger partial charge >= 0.3 is 5.97 Å². The number of ether oxygens (including phenoxy) is 1. The molecule has 19 heavy (non-hydrogen) atoms. The van der Waals surface area contributed by atoms with Crippen LogP contribution in [0.1, 0.15) is 42.8 Å². The predicted molar refractivity (Wildman–Crippen MR) is 76.4 cm³/mol. The normalized spacial score (nSPS) is 14.8. The fourth-order valence-corrected chi connectivity index (χ4v) is 1.78. The van der Waals surface area contributed by atoms with Crippen molar-refractivity contribution < 1.29 is 19.7 Å². The highest BCUT2D eigenvalue weighted by Gasteiger charge is 2.25. The van der Waals surface area contributed by atoms with Gasteiger partial charge in [0.15, 0.2) is 0 Å². The van der Waals surface area contributed by atoms with Gasteiger partial charge in [-0.1, -0.05) is 18.2 Å². The third-order valence-corrected chi connectivity index (χ3v) is 2.82. The fraction of sp³-hybridized carbons (Fsp3) is 0.500. The van der Waals surface area contributed by atoms with Crippen LogP contribution in [0.3, 0.4) is 0 Å². The van der Waals surface area contributed by atoms with Crippen LogP contribution in [0.5, 0.6) is 0 Å². The average molecular weight is 284 g/mol. The van der Waals surface area contributed by atoms with Crippen molar-refractivity contribution in [3.8, 4) is 0 Å². The maximum Gasteiger partial charge on any atom is 0.339 e. The van der Waals surface area contributed by atoms with Gasteiger partial charge in [0.2, 0.25) is 0 Å². The van der Waals surface area contributed by atoms with E-state index in [0.29, 0.717) is 5.56 Å². The third-order valence-electron chi connectivity index (χ3n) is 2.45. The molecule has 0 fully saturated rings. The van der Waals surface area contributed by atoms with Crippen LogP contribution >= 0.6 is 12.6 Å². The van der Waals surface area contributed by atoms with Gasteiger partial charge < -0.3 is 14.9 Å². The van der Waals surface area contributed by atoms with E-state index in [4.69, 9.17) is 4.74 Å². The highest BCUT2D eigenvalue weighted by atomic mass is 32.1. The number of benzene rings is 1. The quantitative estimate of drug-likeness (QED) is 0.584. The zero-order valence-electron chi connectivity index (χ0n) is 11.3. The van der Waals surface area contributed by atoms with E-state index in [0.717, 1.165) is 0 Å². The molecule has 2 unspecified atom stereocenters. The Balaban J connectivity index is 3.05. The Bertz CT molecular complexity index is 439. The zero-order valence-corrected chi connectivity index (χ0v) is 12.2. The predicted octanol–water partition coefficient (Wildman–Crippen LogP) is 1.97. The Hall–Kier alpha value is -1.04. The Morgan fingerprint density at radius 3 is 2.42 bits per heavy atom. The molecule has 0 aliphatic rings. The average Bonchev–Trinajstić information content (AvgIpc) is 2.35. The van der Waals surface area contributed by atoms with Crippen LogP contribution < -0.4 is 0 Å². The first-order valence-corrected chi connectivity index (χ1v) is 6.69. The van der Waals surface area contributed by atoms with E-state index in [2.05, 4.69) is 12.6 Å². The van der Waals surface area contributed by atoms with Crippen LogP contribution in [0, 0.1) is 0 Å². The molecule has 0 spiro atoms. The van der Waals surface area contributed by atoms with Crippen LogP contribution in [0.25, 0.3) is 0 Å². The molecule has 0 saturated carbocycles. The van der Waals surface area contributed by atoms with E-state index in [1.54, 1.807) is 45.0 Å². The van der Waals surface area contributed by atoms with E-state index >= 15 is 0 Å².